The third kappa shape index (κ3) is 5.02. The van der Waals surface area contributed by atoms with Crippen molar-refractivity contribution in [3.05, 3.63) is 24.3 Å². The SMILES string of the molecule is NC(=O)C1CCN(c2ccc(NC(=O)CNC(=O)CC34CC5CC(CC(C5)C3)C4)cc2)CC1. The van der Waals surface area contributed by atoms with Gasteiger partial charge in [0.1, 0.15) is 0 Å². The highest BCUT2D eigenvalue weighted by molar-refractivity contribution is 5.94. The summed E-state index contributed by atoms with van der Waals surface area (Å²) in [5.41, 5.74) is 7.39. The Kier molecular flexibility index (Phi) is 6.06. The van der Waals surface area contributed by atoms with E-state index >= 15 is 0 Å². The van der Waals surface area contributed by atoms with Gasteiger partial charge in [0.2, 0.25) is 17.7 Å². The molecule has 1 aromatic rings. The monoisotopic (exact) mass is 452 g/mol. The second kappa shape index (κ2) is 8.99. The Bertz CT molecular complexity index is 869. The van der Waals surface area contributed by atoms with E-state index in [1.165, 1.54) is 38.5 Å². The topological polar surface area (TPSA) is 105 Å². The van der Waals surface area contributed by atoms with Crippen molar-refractivity contribution in [1.82, 2.24) is 5.32 Å². The number of amides is 3. The first kappa shape index (κ1) is 22.2. The minimum atomic E-state index is -0.210. The summed E-state index contributed by atoms with van der Waals surface area (Å²) in [6, 6.07) is 7.72. The fourth-order valence-electron chi connectivity index (χ4n) is 7.47. The summed E-state index contributed by atoms with van der Waals surface area (Å²) in [5.74, 6) is 2.04. The lowest BCUT2D eigenvalue weighted by atomic mass is 9.49. The van der Waals surface area contributed by atoms with Crippen molar-refractivity contribution in [1.29, 1.82) is 0 Å². The Hall–Kier alpha value is -2.57. The van der Waals surface area contributed by atoms with Gasteiger partial charge in [-0.05, 0) is 98.8 Å². The van der Waals surface area contributed by atoms with Gasteiger partial charge in [0.25, 0.3) is 0 Å². The number of nitrogens with one attached hydrogen (secondary N) is 2. The molecular formula is C26H36N4O3. The fourth-order valence-corrected chi connectivity index (χ4v) is 7.47. The molecule has 0 radical (unpaired) electrons. The molecule has 0 aromatic heterocycles. The number of rotatable bonds is 7. The molecule has 4 bridgehead atoms. The molecule has 5 fully saturated rings. The van der Waals surface area contributed by atoms with Crippen LogP contribution in [-0.4, -0.2) is 37.4 Å². The van der Waals surface area contributed by atoms with Crippen LogP contribution >= 0.6 is 0 Å². The van der Waals surface area contributed by atoms with Gasteiger partial charge in [-0.3, -0.25) is 14.4 Å². The van der Waals surface area contributed by atoms with E-state index in [1.807, 2.05) is 24.3 Å². The van der Waals surface area contributed by atoms with Crippen LogP contribution in [0.3, 0.4) is 0 Å². The van der Waals surface area contributed by atoms with Crippen molar-refractivity contribution in [2.75, 3.05) is 29.9 Å². The summed E-state index contributed by atoms with van der Waals surface area (Å²) in [6.45, 7) is 1.61. The van der Waals surface area contributed by atoms with E-state index in [9.17, 15) is 14.4 Å². The van der Waals surface area contributed by atoms with Crippen LogP contribution in [0.5, 0.6) is 0 Å². The lowest BCUT2D eigenvalue weighted by Crippen LogP contribution is -2.48. The van der Waals surface area contributed by atoms with Gasteiger partial charge < -0.3 is 21.3 Å². The molecule has 1 aromatic carbocycles. The van der Waals surface area contributed by atoms with E-state index in [-0.39, 0.29) is 35.6 Å². The van der Waals surface area contributed by atoms with Crippen LogP contribution in [0, 0.1) is 29.1 Å². The molecule has 4 aliphatic carbocycles. The number of carbonyl (C=O) groups is 3. The first-order chi connectivity index (χ1) is 15.9. The van der Waals surface area contributed by atoms with Gasteiger partial charge in [-0.2, -0.15) is 0 Å². The van der Waals surface area contributed by atoms with Crippen LogP contribution in [0.4, 0.5) is 11.4 Å². The summed E-state index contributed by atoms with van der Waals surface area (Å²) in [4.78, 5) is 38.6. The molecule has 0 spiro atoms. The van der Waals surface area contributed by atoms with Gasteiger partial charge in [-0.1, -0.05) is 0 Å². The van der Waals surface area contributed by atoms with E-state index < -0.39 is 0 Å². The van der Waals surface area contributed by atoms with Crippen molar-refractivity contribution < 1.29 is 14.4 Å². The van der Waals surface area contributed by atoms with E-state index in [4.69, 9.17) is 5.73 Å². The quantitative estimate of drug-likeness (QED) is 0.591. The molecule has 178 valence electrons. The fraction of sp³-hybridized carbons (Fsp3) is 0.654. The molecule has 6 rings (SSSR count). The Morgan fingerprint density at radius 2 is 1.48 bits per heavy atom. The predicted molar refractivity (Wildman–Crippen MR) is 127 cm³/mol. The van der Waals surface area contributed by atoms with Gasteiger partial charge >= 0.3 is 0 Å². The minimum absolute atomic E-state index is 0.00752. The summed E-state index contributed by atoms with van der Waals surface area (Å²) < 4.78 is 0. The Labute approximate surface area is 195 Å². The number of anilines is 2. The summed E-state index contributed by atoms with van der Waals surface area (Å²) >= 11 is 0. The van der Waals surface area contributed by atoms with Crippen LogP contribution in [-0.2, 0) is 14.4 Å². The smallest absolute Gasteiger partial charge is 0.243 e. The molecular weight excluding hydrogens is 416 g/mol. The first-order valence-corrected chi connectivity index (χ1v) is 12.6. The molecule has 33 heavy (non-hydrogen) atoms. The maximum atomic E-state index is 12.6. The summed E-state index contributed by atoms with van der Waals surface area (Å²) in [7, 11) is 0. The standard InChI is InChI=1S/C26H36N4O3/c27-25(33)20-5-7-30(8-6-20)22-3-1-21(2-4-22)29-24(32)16-28-23(31)15-26-12-17-9-18(13-26)11-19(10-17)14-26/h1-4,17-20H,5-16H2,(H2,27,33)(H,28,31)(H,29,32). The molecule has 1 saturated heterocycles. The van der Waals surface area contributed by atoms with Crippen molar-refractivity contribution in [2.24, 2.45) is 34.8 Å². The molecule has 5 aliphatic rings. The Balaban J connectivity index is 1.06. The number of benzene rings is 1. The lowest BCUT2D eigenvalue weighted by Gasteiger charge is -2.56. The highest BCUT2D eigenvalue weighted by Gasteiger charge is 2.51. The number of nitrogens with two attached hydrogens (primary N) is 1. The van der Waals surface area contributed by atoms with Crippen molar-refractivity contribution >= 4 is 29.1 Å². The van der Waals surface area contributed by atoms with Crippen molar-refractivity contribution in [3.8, 4) is 0 Å². The van der Waals surface area contributed by atoms with Crippen LogP contribution in [0.2, 0.25) is 0 Å². The van der Waals surface area contributed by atoms with Gasteiger partial charge in [0.05, 0.1) is 6.54 Å². The molecule has 7 heteroatoms. The van der Waals surface area contributed by atoms with E-state index in [0.29, 0.717) is 12.1 Å². The number of hydrogen-bond donors (Lipinski definition) is 3. The lowest BCUT2D eigenvalue weighted by molar-refractivity contribution is -0.131. The molecule has 0 atom stereocenters. The third-order valence-corrected chi connectivity index (χ3v) is 8.56. The van der Waals surface area contributed by atoms with E-state index in [1.54, 1.807) is 0 Å². The normalized spacial score (nSPS) is 30.8. The van der Waals surface area contributed by atoms with Gasteiger partial charge in [0, 0.05) is 36.8 Å². The zero-order chi connectivity index (χ0) is 23.0. The van der Waals surface area contributed by atoms with Gasteiger partial charge in [0.15, 0.2) is 0 Å². The van der Waals surface area contributed by atoms with Crippen LogP contribution in [0.1, 0.15) is 57.8 Å². The number of nitrogens with zero attached hydrogens (tertiary/aromatic N) is 1. The number of hydrogen-bond acceptors (Lipinski definition) is 4. The summed E-state index contributed by atoms with van der Waals surface area (Å²) in [5, 5.41) is 5.73. The van der Waals surface area contributed by atoms with Gasteiger partial charge in [-0.15, -0.1) is 0 Å². The average Bonchev–Trinajstić information content (AvgIpc) is 2.77. The van der Waals surface area contributed by atoms with Crippen molar-refractivity contribution in [3.63, 3.8) is 0 Å². The van der Waals surface area contributed by atoms with Crippen LogP contribution < -0.4 is 21.3 Å². The molecule has 0 unspecified atom stereocenters. The number of carbonyl (C=O) groups excluding carboxylic acids is 3. The minimum Gasteiger partial charge on any atom is -0.371 e. The van der Waals surface area contributed by atoms with Crippen LogP contribution in [0.25, 0.3) is 0 Å². The average molecular weight is 453 g/mol. The van der Waals surface area contributed by atoms with E-state index in [0.717, 1.165) is 49.4 Å². The largest absolute Gasteiger partial charge is 0.371 e. The first-order valence-electron chi connectivity index (χ1n) is 12.6. The Morgan fingerprint density at radius 3 is 2.03 bits per heavy atom. The molecule has 7 nitrogen and oxygen atoms in total. The zero-order valence-corrected chi connectivity index (χ0v) is 19.4. The zero-order valence-electron chi connectivity index (χ0n) is 19.4. The second-order valence-corrected chi connectivity index (χ2v) is 11.1. The predicted octanol–water partition coefficient (Wildman–Crippen LogP) is 3.05. The molecule has 1 aliphatic heterocycles. The second-order valence-electron chi connectivity index (χ2n) is 11.1. The maximum absolute atomic E-state index is 12.6. The van der Waals surface area contributed by atoms with Crippen LogP contribution in [0.15, 0.2) is 24.3 Å². The number of piperidine rings is 1. The molecule has 1 heterocycles. The maximum Gasteiger partial charge on any atom is 0.243 e. The molecule has 3 amide bonds. The van der Waals surface area contributed by atoms with E-state index in [2.05, 4.69) is 15.5 Å². The molecule has 4 saturated carbocycles. The highest BCUT2D eigenvalue weighted by Crippen LogP contribution is 2.61. The van der Waals surface area contributed by atoms with Crippen molar-refractivity contribution in [2.45, 2.75) is 57.8 Å². The van der Waals surface area contributed by atoms with Gasteiger partial charge in [-0.25, -0.2) is 0 Å². The number of primary amides is 1. The third-order valence-electron chi connectivity index (χ3n) is 8.56. The Morgan fingerprint density at radius 1 is 0.909 bits per heavy atom. The molecule has 4 N–H and O–H groups in total. The summed E-state index contributed by atoms with van der Waals surface area (Å²) in [6.07, 6.45) is 9.83. The highest BCUT2D eigenvalue weighted by atomic mass is 16.2.